The number of hydrogen-bond donors (Lipinski definition) is 1. The van der Waals surface area contributed by atoms with Gasteiger partial charge in [-0.1, -0.05) is 42.5 Å². The summed E-state index contributed by atoms with van der Waals surface area (Å²) in [6.07, 6.45) is 6.52. The minimum absolute atomic E-state index is 0.0145. The van der Waals surface area contributed by atoms with Crippen LogP contribution in [0.4, 0.5) is 0 Å². The van der Waals surface area contributed by atoms with E-state index >= 15 is 0 Å². The lowest BCUT2D eigenvalue weighted by Gasteiger charge is -2.28. The summed E-state index contributed by atoms with van der Waals surface area (Å²) in [4.78, 5) is 27.8. The van der Waals surface area contributed by atoms with E-state index in [1.165, 1.54) is 0 Å². The van der Waals surface area contributed by atoms with Gasteiger partial charge in [0.15, 0.2) is 0 Å². The Hall–Kier alpha value is -3.20. The standard InChI is InChI=1S/C32H41NO7/c1-24-9-8-14-27(34)13-7-3-6-12-26-19-29(38-22-25-10-4-2-5-11-25)20-30(31(26)32(36)40-24)39-23-28(35)21-33-15-17-37-18-16-33/h2,4-6,10-12,19-20,24,28,35H,3,7-9,13-18,21-23H2,1H3/b12-6+/t24-,28?/m0/s1. The first-order valence-corrected chi connectivity index (χ1v) is 14.3. The maximum Gasteiger partial charge on any atom is 0.342 e. The van der Waals surface area contributed by atoms with Gasteiger partial charge >= 0.3 is 5.97 Å². The lowest BCUT2D eigenvalue weighted by Crippen LogP contribution is -2.42. The zero-order valence-electron chi connectivity index (χ0n) is 23.4. The number of hydrogen-bond acceptors (Lipinski definition) is 8. The number of aliphatic hydroxyl groups excluding tert-OH is 1. The number of nitrogens with zero attached hydrogens (tertiary/aromatic N) is 1. The quantitative estimate of drug-likeness (QED) is 0.467. The van der Waals surface area contributed by atoms with Crippen molar-refractivity contribution >= 4 is 17.8 Å². The Balaban J connectivity index is 1.60. The number of carbonyl (C=O) groups excluding carboxylic acids is 2. The van der Waals surface area contributed by atoms with Gasteiger partial charge in [-0.15, -0.1) is 0 Å². The molecule has 40 heavy (non-hydrogen) atoms. The van der Waals surface area contributed by atoms with Crippen LogP contribution in [0.25, 0.3) is 6.08 Å². The molecule has 1 fully saturated rings. The highest BCUT2D eigenvalue weighted by atomic mass is 16.5. The fourth-order valence-corrected chi connectivity index (χ4v) is 4.86. The molecule has 1 saturated heterocycles. The van der Waals surface area contributed by atoms with Crippen LogP contribution in [0.2, 0.25) is 0 Å². The van der Waals surface area contributed by atoms with E-state index in [1.807, 2.05) is 55.5 Å². The molecule has 2 heterocycles. The van der Waals surface area contributed by atoms with Crippen molar-refractivity contribution in [2.45, 2.75) is 64.3 Å². The number of ketones is 1. The Morgan fingerprint density at radius 1 is 1.05 bits per heavy atom. The molecule has 0 aromatic heterocycles. The van der Waals surface area contributed by atoms with E-state index in [-0.39, 0.29) is 18.5 Å². The fourth-order valence-electron chi connectivity index (χ4n) is 4.86. The second-order valence-corrected chi connectivity index (χ2v) is 10.5. The SMILES string of the molecule is C[C@H]1CCCC(=O)CCC/C=C/c2cc(OCc3ccccc3)cc(OCC(O)CN3CCOCC3)c2C(=O)O1. The van der Waals surface area contributed by atoms with Gasteiger partial charge in [0.1, 0.15) is 42.2 Å². The lowest BCUT2D eigenvalue weighted by molar-refractivity contribution is -0.119. The number of benzene rings is 2. The minimum atomic E-state index is -0.746. The predicted molar refractivity (Wildman–Crippen MR) is 153 cm³/mol. The van der Waals surface area contributed by atoms with Gasteiger partial charge in [-0.05, 0) is 49.8 Å². The van der Waals surface area contributed by atoms with Crippen LogP contribution in [0.1, 0.15) is 66.9 Å². The molecule has 2 atom stereocenters. The van der Waals surface area contributed by atoms with Crippen LogP contribution in [0.5, 0.6) is 11.5 Å². The molecule has 216 valence electrons. The number of carbonyl (C=O) groups is 2. The molecule has 1 unspecified atom stereocenters. The van der Waals surface area contributed by atoms with Crippen LogP contribution >= 0.6 is 0 Å². The smallest absolute Gasteiger partial charge is 0.342 e. The van der Waals surface area contributed by atoms with Crippen molar-refractivity contribution in [3.05, 3.63) is 65.2 Å². The summed E-state index contributed by atoms with van der Waals surface area (Å²) in [5, 5.41) is 10.7. The third-order valence-electron chi connectivity index (χ3n) is 7.06. The van der Waals surface area contributed by atoms with Gasteiger partial charge in [0.25, 0.3) is 0 Å². The zero-order chi connectivity index (χ0) is 28.2. The van der Waals surface area contributed by atoms with Gasteiger partial charge in [0.05, 0.1) is 19.3 Å². The highest BCUT2D eigenvalue weighted by molar-refractivity contribution is 5.97. The highest BCUT2D eigenvalue weighted by Gasteiger charge is 2.24. The normalized spacial score (nSPS) is 21.0. The summed E-state index contributed by atoms with van der Waals surface area (Å²) in [6.45, 7) is 5.47. The van der Waals surface area contributed by atoms with Crippen LogP contribution in [-0.4, -0.2) is 73.4 Å². The van der Waals surface area contributed by atoms with Crippen molar-refractivity contribution in [2.24, 2.45) is 0 Å². The Labute approximate surface area is 236 Å². The Kier molecular flexibility index (Phi) is 11.6. The van der Waals surface area contributed by atoms with Crippen LogP contribution in [0.15, 0.2) is 48.5 Å². The van der Waals surface area contributed by atoms with Crippen molar-refractivity contribution in [3.8, 4) is 11.5 Å². The third kappa shape index (κ3) is 9.47. The molecule has 0 spiro atoms. The molecule has 2 aliphatic rings. The number of morpholine rings is 1. The van der Waals surface area contributed by atoms with E-state index in [0.29, 0.717) is 81.1 Å². The summed E-state index contributed by atoms with van der Waals surface area (Å²) >= 11 is 0. The van der Waals surface area contributed by atoms with Gasteiger partial charge in [-0.2, -0.15) is 0 Å². The molecule has 0 aliphatic carbocycles. The second kappa shape index (κ2) is 15.6. The Morgan fingerprint density at radius 3 is 2.62 bits per heavy atom. The number of allylic oxidation sites excluding steroid dienone is 1. The molecule has 8 heteroatoms. The van der Waals surface area contributed by atoms with Gasteiger partial charge in [0.2, 0.25) is 0 Å². The zero-order valence-corrected chi connectivity index (χ0v) is 23.4. The topological polar surface area (TPSA) is 94.5 Å². The first kappa shape index (κ1) is 29.8. The number of Topliss-reactive ketones (excluding diaryl/α,β-unsaturated/α-hetero) is 1. The minimum Gasteiger partial charge on any atom is -0.490 e. The summed E-state index contributed by atoms with van der Waals surface area (Å²) in [7, 11) is 0. The Bertz CT molecular complexity index is 1130. The van der Waals surface area contributed by atoms with Crippen molar-refractivity contribution in [3.63, 3.8) is 0 Å². The first-order chi connectivity index (χ1) is 19.5. The maximum absolute atomic E-state index is 13.5. The number of fused-ring (bicyclic) bond motifs is 1. The largest absolute Gasteiger partial charge is 0.490 e. The van der Waals surface area contributed by atoms with Crippen LogP contribution < -0.4 is 9.47 Å². The van der Waals surface area contributed by atoms with Gasteiger partial charge in [0, 0.05) is 38.5 Å². The number of β-amino-alcohol motifs (C(OH)–C–C–N with tert-alkyl or cyclic N) is 1. The van der Waals surface area contributed by atoms with Crippen molar-refractivity contribution < 1.29 is 33.6 Å². The lowest BCUT2D eigenvalue weighted by atomic mass is 10.0. The molecule has 2 aromatic rings. The van der Waals surface area contributed by atoms with E-state index in [2.05, 4.69) is 4.90 Å². The molecular weight excluding hydrogens is 510 g/mol. The summed E-state index contributed by atoms with van der Waals surface area (Å²) in [6, 6.07) is 13.3. The fraction of sp³-hybridized carbons (Fsp3) is 0.500. The number of ether oxygens (including phenoxy) is 4. The molecule has 0 radical (unpaired) electrons. The van der Waals surface area contributed by atoms with Crippen LogP contribution in [0, 0.1) is 0 Å². The van der Waals surface area contributed by atoms with E-state index in [1.54, 1.807) is 6.07 Å². The molecule has 2 aliphatic heterocycles. The number of rotatable bonds is 8. The molecule has 4 rings (SSSR count). The molecule has 8 nitrogen and oxygen atoms in total. The number of esters is 1. The van der Waals surface area contributed by atoms with Gasteiger partial charge in [-0.3, -0.25) is 9.69 Å². The molecule has 2 aromatic carbocycles. The van der Waals surface area contributed by atoms with Crippen LogP contribution in [0.3, 0.4) is 0 Å². The predicted octanol–water partition coefficient (Wildman–Crippen LogP) is 4.82. The third-order valence-corrected chi connectivity index (χ3v) is 7.06. The van der Waals surface area contributed by atoms with Crippen molar-refractivity contribution in [1.29, 1.82) is 0 Å². The van der Waals surface area contributed by atoms with E-state index in [4.69, 9.17) is 18.9 Å². The van der Waals surface area contributed by atoms with Crippen LogP contribution in [-0.2, 0) is 20.9 Å². The van der Waals surface area contributed by atoms with Gasteiger partial charge < -0.3 is 24.1 Å². The average Bonchev–Trinajstić information content (AvgIpc) is 2.95. The molecule has 0 saturated carbocycles. The number of cyclic esters (lactones) is 1. The van der Waals surface area contributed by atoms with E-state index in [9.17, 15) is 14.7 Å². The van der Waals surface area contributed by atoms with E-state index < -0.39 is 12.1 Å². The molecular formula is C32H41NO7. The second-order valence-electron chi connectivity index (χ2n) is 10.5. The highest BCUT2D eigenvalue weighted by Crippen LogP contribution is 2.32. The molecule has 0 amide bonds. The monoisotopic (exact) mass is 551 g/mol. The van der Waals surface area contributed by atoms with Crippen molar-refractivity contribution in [2.75, 3.05) is 39.5 Å². The summed E-state index contributed by atoms with van der Waals surface area (Å²) < 4.78 is 23.4. The first-order valence-electron chi connectivity index (χ1n) is 14.3. The van der Waals surface area contributed by atoms with Crippen molar-refractivity contribution in [1.82, 2.24) is 4.90 Å². The maximum atomic E-state index is 13.5. The average molecular weight is 552 g/mol. The van der Waals surface area contributed by atoms with Gasteiger partial charge in [-0.25, -0.2) is 4.79 Å². The Morgan fingerprint density at radius 2 is 1.82 bits per heavy atom. The van der Waals surface area contributed by atoms with E-state index in [0.717, 1.165) is 25.1 Å². The number of aliphatic hydroxyl groups is 1. The molecule has 0 bridgehead atoms. The summed E-state index contributed by atoms with van der Waals surface area (Å²) in [5.41, 5.74) is 1.94. The summed E-state index contributed by atoms with van der Waals surface area (Å²) in [5.74, 6) is 0.600. The molecule has 1 N–H and O–H groups in total.